The van der Waals surface area contributed by atoms with E-state index in [-0.39, 0.29) is 0 Å². The van der Waals surface area contributed by atoms with Crippen molar-refractivity contribution in [2.24, 2.45) is 0 Å². The van der Waals surface area contributed by atoms with Crippen LogP contribution in [0.15, 0.2) is 217 Å². The number of hydrogen-bond acceptors (Lipinski definition) is 5. The van der Waals surface area contributed by atoms with Crippen molar-refractivity contribution in [3.8, 4) is 56.4 Å². The van der Waals surface area contributed by atoms with Gasteiger partial charge in [0.15, 0.2) is 17.5 Å². The standard InChI is InChI=1S/C58H35N3OS/c1-3-13-37(14-4-1)55-59-56(38-15-5-2-6-16-38)61-57(60-55)40-26-32-54-48(34-40)47-33-39(25-31-53(47)63-54)36-23-27-41(28-24-36)58(49-20-10-7-17-43(49)44-18-8-11-21-50(44)58)42-29-30-52-46(35-42)45-19-9-12-22-51(45)62-52/h1-35H. The fourth-order valence-corrected chi connectivity index (χ4v) is 11.0. The molecule has 0 saturated heterocycles. The maximum Gasteiger partial charge on any atom is 0.164 e. The van der Waals surface area contributed by atoms with E-state index in [0.29, 0.717) is 17.5 Å². The summed E-state index contributed by atoms with van der Waals surface area (Å²) in [4.78, 5) is 15.0. The quantitative estimate of drug-likeness (QED) is 0.168. The molecule has 3 aromatic heterocycles. The van der Waals surface area contributed by atoms with E-state index in [1.54, 1.807) is 0 Å². The Hall–Kier alpha value is -7.99. The molecule has 0 fully saturated rings. The first-order valence-electron chi connectivity index (χ1n) is 21.2. The summed E-state index contributed by atoms with van der Waals surface area (Å²) >= 11 is 1.81. The molecule has 1 aliphatic carbocycles. The Morgan fingerprint density at radius 2 is 0.825 bits per heavy atom. The fraction of sp³-hybridized carbons (Fsp3) is 0.0172. The van der Waals surface area contributed by atoms with Crippen molar-refractivity contribution in [1.82, 2.24) is 15.0 Å². The second-order valence-corrected chi connectivity index (χ2v) is 17.4. The summed E-state index contributed by atoms with van der Waals surface area (Å²) in [5.41, 5.74) is 14.0. The monoisotopic (exact) mass is 821 g/mol. The zero-order chi connectivity index (χ0) is 41.5. The number of thiophene rings is 1. The zero-order valence-corrected chi connectivity index (χ0v) is 34.7. The Balaban J connectivity index is 0.937. The molecule has 0 amide bonds. The van der Waals surface area contributed by atoms with Crippen LogP contribution in [0.1, 0.15) is 22.3 Å². The molecule has 1 aliphatic rings. The second-order valence-electron chi connectivity index (χ2n) is 16.3. The van der Waals surface area contributed by atoms with Crippen LogP contribution in [0.25, 0.3) is 98.5 Å². The topological polar surface area (TPSA) is 51.8 Å². The summed E-state index contributed by atoms with van der Waals surface area (Å²) in [7, 11) is 0. The van der Waals surface area contributed by atoms with Gasteiger partial charge in [-0.2, -0.15) is 0 Å². The highest BCUT2D eigenvalue weighted by Gasteiger charge is 2.46. The molecule has 63 heavy (non-hydrogen) atoms. The molecule has 0 atom stereocenters. The van der Waals surface area contributed by atoms with E-state index < -0.39 is 5.41 Å². The van der Waals surface area contributed by atoms with Crippen molar-refractivity contribution >= 4 is 53.4 Å². The molecule has 0 N–H and O–H groups in total. The predicted octanol–water partition coefficient (Wildman–Crippen LogP) is 15.2. The average Bonchev–Trinajstić information content (AvgIpc) is 4.02. The second kappa shape index (κ2) is 14.0. The van der Waals surface area contributed by atoms with Gasteiger partial charge in [0.1, 0.15) is 11.2 Å². The molecule has 0 bridgehead atoms. The Bertz CT molecular complexity index is 3640. The molecule has 0 radical (unpaired) electrons. The summed E-state index contributed by atoms with van der Waals surface area (Å²) in [5.74, 6) is 1.96. The molecule has 0 aliphatic heterocycles. The van der Waals surface area contributed by atoms with E-state index in [4.69, 9.17) is 19.4 Å². The average molecular weight is 822 g/mol. The van der Waals surface area contributed by atoms with Crippen molar-refractivity contribution in [2.45, 2.75) is 5.41 Å². The highest BCUT2D eigenvalue weighted by molar-refractivity contribution is 7.25. The lowest BCUT2D eigenvalue weighted by Crippen LogP contribution is -2.28. The van der Waals surface area contributed by atoms with E-state index in [2.05, 4.69) is 146 Å². The van der Waals surface area contributed by atoms with Crippen molar-refractivity contribution < 1.29 is 4.42 Å². The lowest BCUT2D eigenvalue weighted by molar-refractivity contribution is 0.668. The Morgan fingerprint density at radius 1 is 0.333 bits per heavy atom. The smallest absolute Gasteiger partial charge is 0.164 e. The van der Waals surface area contributed by atoms with Gasteiger partial charge in [0.25, 0.3) is 0 Å². The van der Waals surface area contributed by atoms with Crippen molar-refractivity contribution in [3.05, 3.63) is 235 Å². The number of hydrogen-bond donors (Lipinski definition) is 0. The van der Waals surface area contributed by atoms with Gasteiger partial charge < -0.3 is 4.42 Å². The largest absolute Gasteiger partial charge is 0.456 e. The van der Waals surface area contributed by atoms with E-state index in [0.717, 1.165) is 38.6 Å². The number of rotatable bonds is 6. The first kappa shape index (κ1) is 35.7. The molecular weight excluding hydrogens is 787 g/mol. The molecule has 5 heteroatoms. The molecular formula is C58H35N3OS. The van der Waals surface area contributed by atoms with Crippen LogP contribution in [0, 0.1) is 0 Å². The molecule has 12 aromatic rings. The number of furan rings is 1. The van der Waals surface area contributed by atoms with Crippen LogP contribution in [0.4, 0.5) is 0 Å². The Morgan fingerprint density at radius 3 is 1.48 bits per heavy atom. The summed E-state index contributed by atoms with van der Waals surface area (Å²) in [6.45, 7) is 0. The van der Waals surface area contributed by atoms with E-state index in [1.165, 1.54) is 64.7 Å². The summed E-state index contributed by atoms with van der Waals surface area (Å²) < 4.78 is 8.80. The molecule has 0 spiro atoms. The third kappa shape index (κ3) is 5.57. The van der Waals surface area contributed by atoms with Gasteiger partial charge in [0, 0.05) is 47.6 Å². The normalized spacial score (nSPS) is 12.9. The van der Waals surface area contributed by atoms with Crippen LogP contribution in [-0.4, -0.2) is 15.0 Å². The molecule has 13 rings (SSSR count). The van der Waals surface area contributed by atoms with Crippen LogP contribution in [0.2, 0.25) is 0 Å². The molecule has 0 saturated carbocycles. The maximum absolute atomic E-state index is 6.33. The first-order valence-corrected chi connectivity index (χ1v) is 22.1. The Labute approximate surface area is 367 Å². The lowest BCUT2D eigenvalue weighted by Gasteiger charge is -2.34. The van der Waals surface area contributed by atoms with E-state index >= 15 is 0 Å². The molecule has 294 valence electrons. The van der Waals surface area contributed by atoms with Crippen LogP contribution >= 0.6 is 11.3 Å². The van der Waals surface area contributed by atoms with Gasteiger partial charge in [-0.15, -0.1) is 11.3 Å². The van der Waals surface area contributed by atoms with Crippen molar-refractivity contribution in [2.75, 3.05) is 0 Å². The van der Waals surface area contributed by atoms with Gasteiger partial charge in [-0.1, -0.05) is 164 Å². The van der Waals surface area contributed by atoms with Crippen molar-refractivity contribution in [1.29, 1.82) is 0 Å². The molecule has 9 aromatic carbocycles. The summed E-state index contributed by atoms with van der Waals surface area (Å²) in [6.07, 6.45) is 0. The molecule has 3 heterocycles. The zero-order valence-electron chi connectivity index (χ0n) is 33.9. The van der Waals surface area contributed by atoms with Crippen LogP contribution in [0.3, 0.4) is 0 Å². The van der Waals surface area contributed by atoms with Gasteiger partial charge in [0.2, 0.25) is 0 Å². The third-order valence-electron chi connectivity index (χ3n) is 12.8. The fourth-order valence-electron chi connectivity index (χ4n) is 9.93. The number of nitrogens with zero attached hydrogens (tertiary/aromatic N) is 3. The number of aromatic nitrogens is 3. The minimum atomic E-state index is -0.530. The molecule has 4 nitrogen and oxygen atoms in total. The maximum atomic E-state index is 6.33. The Kier molecular flexibility index (Phi) is 7.96. The first-order chi connectivity index (χ1) is 31.2. The summed E-state index contributed by atoms with van der Waals surface area (Å²) in [5, 5.41) is 4.67. The van der Waals surface area contributed by atoms with Gasteiger partial charge in [-0.25, -0.2) is 15.0 Å². The SMILES string of the molecule is c1ccc(-c2nc(-c3ccccc3)nc(-c3ccc4sc5ccc(-c6ccc(C7(c8ccc9oc%10ccccc%10c9c8)c8ccccc8-c8ccccc87)cc6)cc5c4c3)n2)cc1. The molecule has 0 unspecified atom stereocenters. The number of benzene rings is 9. The van der Waals surface area contributed by atoms with Crippen LogP contribution in [-0.2, 0) is 5.41 Å². The predicted molar refractivity (Wildman–Crippen MR) is 259 cm³/mol. The van der Waals surface area contributed by atoms with Gasteiger partial charge in [-0.05, 0) is 93.0 Å². The number of fused-ring (bicyclic) bond motifs is 9. The van der Waals surface area contributed by atoms with Crippen molar-refractivity contribution in [3.63, 3.8) is 0 Å². The lowest BCUT2D eigenvalue weighted by atomic mass is 9.67. The van der Waals surface area contributed by atoms with E-state index in [9.17, 15) is 0 Å². The minimum absolute atomic E-state index is 0.530. The van der Waals surface area contributed by atoms with Crippen LogP contribution in [0.5, 0.6) is 0 Å². The van der Waals surface area contributed by atoms with Gasteiger partial charge in [0.05, 0.1) is 5.41 Å². The third-order valence-corrected chi connectivity index (χ3v) is 14.0. The minimum Gasteiger partial charge on any atom is -0.456 e. The van der Waals surface area contributed by atoms with E-state index in [1.807, 2.05) is 78.1 Å². The van der Waals surface area contributed by atoms with Crippen LogP contribution < -0.4 is 0 Å². The van der Waals surface area contributed by atoms with Gasteiger partial charge in [-0.3, -0.25) is 0 Å². The number of para-hydroxylation sites is 1. The highest BCUT2D eigenvalue weighted by Crippen LogP contribution is 2.56. The highest BCUT2D eigenvalue weighted by atomic mass is 32.1. The van der Waals surface area contributed by atoms with Gasteiger partial charge >= 0.3 is 0 Å². The summed E-state index contributed by atoms with van der Waals surface area (Å²) in [6, 6.07) is 76.0.